The minimum Gasteiger partial charge on any atom is -0.457 e. The van der Waals surface area contributed by atoms with Crippen molar-refractivity contribution >= 4 is 28.1 Å². The summed E-state index contributed by atoms with van der Waals surface area (Å²) in [6.07, 6.45) is 3.37. The van der Waals surface area contributed by atoms with Crippen LogP contribution < -0.4 is 10.5 Å². The van der Waals surface area contributed by atoms with Gasteiger partial charge in [0, 0.05) is 29.9 Å². The van der Waals surface area contributed by atoms with Gasteiger partial charge in [0.05, 0.1) is 5.52 Å². The van der Waals surface area contributed by atoms with Gasteiger partial charge in [-0.05, 0) is 24.3 Å². The predicted octanol–water partition coefficient (Wildman–Crippen LogP) is 3.06. The molecule has 0 aliphatic carbocycles. The van der Waals surface area contributed by atoms with E-state index in [9.17, 15) is 0 Å². The molecule has 4 nitrogen and oxygen atoms in total. The minimum absolute atomic E-state index is 0.246. The Bertz CT molecular complexity index is 789. The fourth-order valence-electron chi connectivity index (χ4n) is 1.86. The Labute approximate surface area is 121 Å². The van der Waals surface area contributed by atoms with Crippen LogP contribution in [0.2, 0.25) is 0 Å². The molecule has 2 aromatic heterocycles. The summed E-state index contributed by atoms with van der Waals surface area (Å²) in [7, 11) is 0. The van der Waals surface area contributed by atoms with E-state index in [0.717, 1.165) is 10.9 Å². The van der Waals surface area contributed by atoms with Gasteiger partial charge in [-0.25, -0.2) is 0 Å². The van der Waals surface area contributed by atoms with Gasteiger partial charge in [0.25, 0.3) is 0 Å². The number of hydrogen-bond donors (Lipinski definition) is 1. The molecule has 0 unspecified atom stereocenters. The number of ether oxygens (including phenoxy) is 1. The van der Waals surface area contributed by atoms with Gasteiger partial charge >= 0.3 is 0 Å². The molecule has 0 radical (unpaired) electrons. The first-order valence-electron chi connectivity index (χ1n) is 6.01. The monoisotopic (exact) mass is 281 g/mol. The largest absolute Gasteiger partial charge is 0.457 e. The summed E-state index contributed by atoms with van der Waals surface area (Å²) in [6, 6.07) is 13.1. The summed E-state index contributed by atoms with van der Waals surface area (Å²) in [5, 5.41) is 1.07. The third-order valence-corrected chi connectivity index (χ3v) is 3.01. The molecule has 0 aliphatic rings. The van der Waals surface area contributed by atoms with E-state index in [4.69, 9.17) is 22.7 Å². The molecule has 3 rings (SSSR count). The number of rotatable bonds is 3. The number of nitrogens with two attached hydrogens (primary N) is 1. The van der Waals surface area contributed by atoms with Crippen molar-refractivity contribution in [2.45, 2.75) is 0 Å². The van der Waals surface area contributed by atoms with Gasteiger partial charge in [-0.2, -0.15) is 0 Å². The maximum absolute atomic E-state index is 5.78. The van der Waals surface area contributed by atoms with Crippen LogP contribution in [0.5, 0.6) is 11.5 Å². The van der Waals surface area contributed by atoms with Gasteiger partial charge in [-0.3, -0.25) is 9.97 Å². The van der Waals surface area contributed by atoms with Crippen LogP contribution >= 0.6 is 12.2 Å². The lowest BCUT2D eigenvalue weighted by molar-refractivity contribution is 0.482. The van der Waals surface area contributed by atoms with Crippen molar-refractivity contribution in [2.75, 3.05) is 0 Å². The van der Waals surface area contributed by atoms with E-state index in [1.165, 1.54) is 0 Å². The average molecular weight is 281 g/mol. The number of aromatic nitrogens is 2. The summed E-state index contributed by atoms with van der Waals surface area (Å²) in [6.45, 7) is 0. The molecule has 0 saturated heterocycles. The lowest BCUT2D eigenvalue weighted by atomic mass is 10.2. The summed E-state index contributed by atoms with van der Waals surface area (Å²) in [4.78, 5) is 8.61. The molecule has 0 fully saturated rings. The summed E-state index contributed by atoms with van der Waals surface area (Å²) in [5.74, 6) is 1.34. The quantitative estimate of drug-likeness (QED) is 0.748. The maximum Gasteiger partial charge on any atom is 0.131 e. The SMILES string of the molecule is NC(=S)c1cc(Oc2ccc3cccnc3c2)ccn1. The Hall–Kier alpha value is -2.53. The van der Waals surface area contributed by atoms with E-state index in [1.54, 1.807) is 24.5 Å². The molecule has 0 saturated carbocycles. The highest BCUT2D eigenvalue weighted by atomic mass is 32.1. The van der Waals surface area contributed by atoms with Crippen LogP contribution in [-0.2, 0) is 0 Å². The van der Waals surface area contributed by atoms with Crippen LogP contribution in [0.3, 0.4) is 0 Å². The topological polar surface area (TPSA) is 61.0 Å². The molecule has 98 valence electrons. The van der Waals surface area contributed by atoms with E-state index in [1.807, 2.05) is 30.3 Å². The van der Waals surface area contributed by atoms with Crippen molar-refractivity contribution in [3.63, 3.8) is 0 Å². The van der Waals surface area contributed by atoms with Gasteiger partial charge in [0.15, 0.2) is 0 Å². The molecule has 0 bridgehead atoms. The lowest BCUT2D eigenvalue weighted by Crippen LogP contribution is -2.11. The highest BCUT2D eigenvalue weighted by Gasteiger charge is 2.03. The molecule has 2 N–H and O–H groups in total. The molecule has 5 heteroatoms. The van der Waals surface area contributed by atoms with Crippen molar-refractivity contribution in [1.29, 1.82) is 0 Å². The van der Waals surface area contributed by atoms with Gasteiger partial charge in [-0.15, -0.1) is 0 Å². The molecule has 1 aromatic carbocycles. The molecular weight excluding hydrogens is 270 g/mol. The number of benzene rings is 1. The molecule has 20 heavy (non-hydrogen) atoms. The first kappa shape index (κ1) is 12.5. The first-order chi connectivity index (χ1) is 9.72. The fraction of sp³-hybridized carbons (Fsp3) is 0. The van der Waals surface area contributed by atoms with Gasteiger partial charge in [0.1, 0.15) is 22.2 Å². The third-order valence-electron chi connectivity index (χ3n) is 2.80. The van der Waals surface area contributed by atoms with Crippen LogP contribution in [0.4, 0.5) is 0 Å². The normalized spacial score (nSPS) is 10.4. The Balaban J connectivity index is 1.92. The summed E-state index contributed by atoms with van der Waals surface area (Å²) >= 11 is 4.90. The van der Waals surface area contributed by atoms with E-state index in [0.29, 0.717) is 17.2 Å². The van der Waals surface area contributed by atoms with Crippen LogP contribution in [0.1, 0.15) is 5.69 Å². The second-order valence-electron chi connectivity index (χ2n) is 4.20. The van der Waals surface area contributed by atoms with Crippen molar-refractivity contribution in [2.24, 2.45) is 5.73 Å². The third kappa shape index (κ3) is 2.57. The molecule has 0 amide bonds. The van der Waals surface area contributed by atoms with E-state index in [2.05, 4.69) is 9.97 Å². The lowest BCUT2D eigenvalue weighted by Gasteiger charge is -2.07. The minimum atomic E-state index is 0.246. The highest BCUT2D eigenvalue weighted by Crippen LogP contribution is 2.24. The number of hydrogen-bond acceptors (Lipinski definition) is 4. The number of pyridine rings is 2. The zero-order valence-electron chi connectivity index (χ0n) is 10.5. The van der Waals surface area contributed by atoms with Gasteiger partial charge in [-0.1, -0.05) is 18.3 Å². The standard InChI is InChI=1S/C15H11N3OS/c16-15(20)14-9-12(5-7-18-14)19-11-4-3-10-2-1-6-17-13(10)8-11/h1-9H,(H2,16,20). The van der Waals surface area contributed by atoms with Crippen LogP contribution in [0, 0.1) is 0 Å². The van der Waals surface area contributed by atoms with Crippen molar-refractivity contribution < 1.29 is 4.74 Å². The molecule has 0 spiro atoms. The van der Waals surface area contributed by atoms with E-state index >= 15 is 0 Å². The van der Waals surface area contributed by atoms with E-state index < -0.39 is 0 Å². The average Bonchev–Trinajstić information content (AvgIpc) is 2.47. The number of fused-ring (bicyclic) bond motifs is 1. The fourth-order valence-corrected chi connectivity index (χ4v) is 1.97. The summed E-state index contributed by atoms with van der Waals surface area (Å²) in [5.41, 5.74) is 6.98. The van der Waals surface area contributed by atoms with Crippen LogP contribution in [0.25, 0.3) is 10.9 Å². The summed E-state index contributed by atoms with van der Waals surface area (Å²) < 4.78 is 5.78. The molecular formula is C15H11N3OS. The van der Waals surface area contributed by atoms with E-state index in [-0.39, 0.29) is 4.99 Å². The Morgan fingerprint density at radius 2 is 1.85 bits per heavy atom. The van der Waals surface area contributed by atoms with Crippen molar-refractivity contribution in [3.8, 4) is 11.5 Å². The predicted molar refractivity (Wildman–Crippen MR) is 81.9 cm³/mol. The van der Waals surface area contributed by atoms with Crippen LogP contribution in [-0.4, -0.2) is 15.0 Å². The number of thiocarbonyl (C=S) groups is 1. The Morgan fingerprint density at radius 1 is 1.00 bits per heavy atom. The molecule has 0 aliphatic heterocycles. The van der Waals surface area contributed by atoms with Gasteiger partial charge in [0.2, 0.25) is 0 Å². The molecule has 0 atom stereocenters. The number of nitrogens with zero attached hydrogens (tertiary/aromatic N) is 2. The Morgan fingerprint density at radius 3 is 2.70 bits per heavy atom. The van der Waals surface area contributed by atoms with Crippen LogP contribution in [0.15, 0.2) is 54.9 Å². The van der Waals surface area contributed by atoms with Crippen molar-refractivity contribution in [1.82, 2.24) is 9.97 Å². The first-order valence-corrected chi connectivity index (χ1v) is 6.42. The van der Waals surface area contributed by atoms with Gasteiger partial charge < -0.3 is 10.5 Å². The zero-order valence-corrected chi connectivity index (χ0v) is 11.3. The molecule has 2 heterocycles. The maximum atomic E-state index is 5.78. The van der Waals surface area contributed by atoms with Crippen molar-refractivity contribution in [3.05, 3.63) is 60.6 Å². The molecule has 3 aromatic rings. The highest BCUT2D eigenvalue weighted by molar-refractivity contribution is 7.80. The second kappa shape index (κ2) is 5.22. The second-order valence-corrected chi connectivity index (χ2v) is 4.64. The zero-order chi connectivity index (χ0) is 13.9. The smallest absolute Gasteiger partial charge is 0.131 e. The Kier molecular flexibility index (Phi) is 3.26.